The maximum absolute atomic E-state index is 12.0. The Kier molecular flexibility index (Phi) is 4.55. The van der Waals surface area contributed by atoms with E-state index in [0.29, 0.717) is 0 Å². The number of nitrogens with zero attached hydrogens (tertiary/aromatic N) is 2. The Hall–Kier alpha value is -2.11. The molecule has 0 saturated carbocycles. The Morgan fingerprint density at radius 1 is 1.45 bits per heavy atom. The van der Waals surface area contributed by atoms with Crippen LogP contribution < -0.4 is 10.2 Å². The van der Waals surface area contributed by atoms with Crippen molar-refractivity contribution in [3.8, 4) is 0 Å². The summed E-state index contributed by atoms with van der Waals surface area (Å²) in [6, 6.07) is 3.06. The van der Waals surface area contributed by atoms with Crippen molar-refractivity contribution in [3.63, 3.8) is 0 Å². The monoisotopic (exact) mass is 277 g/mol. The molecule has 0 spiro atoms. The number of piperidine rings is 1. The molecule has 1 fully saturated rings. The van der Waals surface area contributed by atoms with Crippen molar-refractivity contribution >= 4 is 17.6 Å². The lowest BCUT2D eigenvalue weighted by atomic mass is 9.95. The molecule has 1 aliphatic rings. The molecule has 1 aliphatic heterocycles. The molecule has 0 radical (unpaired) electrons. The predicted octanol–water partition coefficient (Wildman–Crippen LogP) is 0.887. The molecule has 0 unspecified atom stereocenters. The van der Waals surface area contributed by atoms with E-state index in [2.05, 4.69) is 15.2 Å². The fraction of sp³-hybridized carbons (Fsp3) is 0.500. The van der Waals surface area contributed by atoms with Crippen LogP contribution in [0.3, 0.4) is 0 Å². The molecule has 2 rings (SSSR count). The van der Waals surface area contributed by atoms with Crippen LogP contribution in [-0.4, -0.2) is 41.1 Å². The lowest BCUT2D eigenvalue weighted by Gasteiger charge is -2.33. The highest BCUT2D eigenvalue weighted by atomic mass is 16.4. The lowest BCUT2D eigenvalue weighted by Crippen LogP contribution is -2.45. The number of carbonyl (C=O) groups excluding carboxylic acids is 1. The molecule has 6 nitrogen and oxygen atoms in total. The molecule has 0 aliphatic carbocycles. The second kappa shape index (κ2) is 6.36. The van der Waals surface area contributed by atoms with Crippen molar-refractivity contribution in [2.24, 2.45) is 5.92 Å². The van der Waals surface area contributed by atoms with E-state index < -0.39 is 12.0 Å². The summed E-state index contributed by atoms with van der Waals surface area (Å²) in [6.45, 7) is 3.04. The van der Waals surface area contributed by atoms with Gasteiger partial charge >= 0.3 is 5.97 Å². The fourth-order valence-electron chi connectivity index (χ4n) is 2.33. The van der Waals surface area contributed by atoms with E-state index in [4.69, 9.17) is 5.11 Å². The SMILES string of the molecule is C[C@H](NC(=O)C1CCN(c2cccnc2)CC1)C(=O)O. The van der Waals surface area contributed by atoms with Crippen molar-refractivity contribution < 1.29 is 14.7 Å². The second-order valence-electron chi connectivity index (χ2n) is 5.04. The van der Waals surface area contributed by atoms with Crippen LogP contribution in [0.15, 0.2) is 24.5 Å². The van der Waals surface area contributed by atoms with Crippen molar-refractivity contribution in [2.45, 2.75) is 25.8 Å². The maximum Gasteiger partial charge on any atom is 0.325 e. The third-order valence-corrected chi connectivity index (χ3v) is 3.61. The minimum Gasteiger partial charge on any atom is -0.480 e. The van der Waals surface area contributed by atoms with E-state index in [-0.39, 0.29) is 11.8 Å². The van der Waals surface area contributed by atoms with Gasteiger partial charge in [0.1, 0.15) is 6.04 Å². The molecule has 6 heteroatoms. The quantitative estimate of drug-likeness (QED) is 0.854. The van der Waals surface area contributed by atoms with Gasteiger partial charge in [-0.15, -0.1) is 0 Å². The molecular formula is C14H19N3O3. The molecule has 0 aromatic carbocycles. The minimum absolute atomic E-state index is 0.107. The van der Waals surface area contributed by atoms with Crippen LogP contribution in [0, 0.1) is 5.92 Å². The first kappa shape index (κ1) is 14.3. The van der Waals surface area contributed by atoms with Crippen molar-refractivity contribution in [1.82, 2.24) is 10.3 Å². The third kappa shape index (κ3) is 3.46. The summed E-state index contributed by atoms with van der Waals surface area (Å²) in [5, 5.41) is 11.3. The van der Waals surface area contributed by atoms with Gasteiger partial charge in [0.05, 0.1) is 11.9 Å². The molecule has 1 saturated heterocycles. The number of nitrogens with one attached hydrogen (secondary N) is 1. The zero-order valence-corrected chi connectivity index (χ0v) is 11.5. The average Bonchev–Trinajstić information content (AvgIpc) is 2.48. The number of amides is 1. The third-order valence-electron chi connectivity index (χ3n) is 3.61. The van der Waals surface area contributed by atoms with Gasteiger partial charge in [0.15, 0.2) is 0 Å². The summed E-state index contributed by atoms with van der Waals surface area (Å²) in [4.78, 5) is 29.0. The first-order valence-electron chi connectivity index (χ1n) is 6.76. The van der Waals surface area contributed by atoms with Crippen LogP contribution in [0.5, 0.6) is 0 Å². The van der Waals surface area contributed by atoms with Gasteiger partial charge in [-0.25, -0.2) is 0 Å². The van der Waals surface area contributed by atoms with Crippen LogP contribution in [0.1, 0.15) is 19.8 Å². The van der Waals surface area contributed by atoms with Crippen LogP contribution in [0.25, 0.3) is 0 Å². The zero-order valence-electron chi connectivity index (χ0n) is 11.5. The Morgan fingerprint density at radius 2 is 2.15 bits per heavy atom. The van der Waals surface area contributed by atoms with Gasteiger partial charge in [-0.1, -0.05) is 0 Å². The largest absolute Gasteiger partial charge is 0.480 e. The Balaban J connectivity index is 1.85. The zero-order chi connectivity index (χ0) is 14.5. The van der Waals surface area contributed by atoms with Crippen molar-refractivity contribution in [2.75, 3.05) is 18.0 Å². The average molecular weight is 277 g/mol. The molecule has 0 bridgehead atoms. The van der Waals surface area contributed by atoms with Gasteiger partial charge in [-0.3, -0.25) is 14.6 Å². The van der Waals surface area contributed by atoms with E-state index >= 15 is 0 Å². The summed E-state index contributed by atoms with van der Waals surface area (Å²) in [5.74, 6) is -1.28. The number of anilines is 1. The number of rotatable bonds is 4. The van der Waals surface area contributed by atoms with Gasteiger partial charge in [-0.05, 0) is 31.9 Å². The summed E-state index contributed by atoms with van der Waals surface area (Å²) in [5.41, 5.74) is 1.06. The topological polar surface area (TPSA) is 82.5 Å². The standard InChI is InChI=1S/C14H19N3O3/c1-10(14(19)20)16-13(18)11-4-7-17(8-5-11)12-3-2-6-15-9-12/h2-3,6,9-11H,4-5,7-8H2,1H3,(H,16,18)(H,19,20)/t10-/m0/s1. The Bertz CT molecular complexity index is 470. The summed E-state index contributed by atoms with van der Waals surface area (Å²) >= 11 is 0. The number of pyridine rings is 1. The molecule has 108 valence electrons. The first-order chi connectivity index (χ1) is 9.58. The summed E-state index contributed by atoms with van der Waals surface area (Å²) < 4.78 is 0. The minimum atomic E-state index is -1.01. The molecule has 20 heavy (non-hydrogen) atoms. The number of carboxylic acid groups (broad SMARTS) is 1. The Labute approximate surface area is 117 Å². The van der Waals surface area contributed by atoms with Gasteiger partial charge in [0.2, 0.25) is 5.91 Å². The van der Waals surface area contributed by atoms with Gasteiger partial charge < -0.3 is 15.3 Å². The van der Waals surface area contributed by atoms with E-state index in [1.165, 1.54) is 6.92 Å². The number of carbonyl (C=O) groups is 2. The maximum atomic E-state index is 12.0. The van der Waals surface area contributed by atoms with Gasteiger partial charge in [0, 0.05) is 25.2 Å². The van der Waals surface area contributed by atoms with E-state index in [0.717, 1.165) is 31.6 Å². The highest BCUT2D eigenvalue weighted by Gasteiger charge is 2.27. The van der Waals surface area contributed by atoms with E-state index in [1.54, 1.807) is 6.20 Å². The van der Waals surface area contributed by atoms with Crippen molar-refractivity contribution in [3.05, 3.63) is 24.5 Å². The summed E-state index contributed by atoms with van der Waals surface area (Å²) in [6.07, 6.45) is 5.00. The molecule has 2 heterocycles. The fourth-order valence-corrected chi connectivity index (χ4v) is 2.33. The molecule has 1 amide bonds. The first-order valence-corrected chi connectivity index (χ1v) is 6.76. The van der Waals surface area contributed by atoms with Crippen LogP contribution in [-0.2, 0) is 9.59 Å². The molecular weight excluding hydrogens is 258 g/mol. The highest BCUT2D eigenvalue weighted by Crippen LogP contribution is 2.22. The molecule has 1 aromatic rings. The molecule has 2 N–H and O–H groups in total. The summed E-state index contributed by atoms with van der Waals surface area (Å²) in [7, 11) is 0. The number of carboxylic acids is 1. The number of aliphatic carboxylic acids is 1. The number of hydrogen-bond acceptors (Lipinski definition) is 4. The normalized spacial score (nSPS) is 17.6. The molecule has 1 aromatic heterocycles. The van der Waals surface area contributed by atoms with Gasteiger partial charge in [0.25, 0.3) is 0 Å². The highest BCUT2D eigenvalue weighted by molar-refractivity contribution is 5.84. The van der Waals surface area contributed by atoms with Crippen LogP contribution in [0.4, 0.5) is 5.69 Å². The smallest absolute Gasteiger partial charge is 0.325 e. The molecule has 1 atom stereocenters. The second-order valence-corrected chi connectivity index (χ2v) is 5.04. The Morgan fingerprint density at radius 3 is 2.70 bits per heavy atom. The number of hydrogen-bond donors (Lipinski definition) is 2. The van der Waals surface area contributed by atoms with E-state index in [1.807, 2.05) is 18.3 Å². The number of aromatic nitrogens is 1. The van der Waals surface area contributed by atoms with Crippen LogP contribution in [0.2, 0.25) is 0 Å². The van der Waals surface area contributed by atoms with Gasteiger partial charge in [-0.2, -0.15) is 0 Å². The lowest BCUT2D eigenvalue weighted by molar-refractivity contribution is -0.142. The van der Waals surface area contributed by atoms with Crippen molar-refractivity contribution in [1.29, 1.82) is 0 Å². The van der Waals surface area contributed by atoms with E-state index in [9.17, 15) is 9.59 Å². The van der Waals surface area contributed by atoms with Crippen LogP contribution >= 0.6 is 0 Å². The predicted molar refractivity (Wildman–Crippen MR) is 74.4 cm³/mol.